The highest BCUT2D eigenvalue weighted by molar-refractivity contribution is 5.79. The topological polar surface area (TPSA) is 49.3 Å². The Morgan fingerprint density at radius 2 is 2.20 bits per heavy atom. The van der Waals surface area contributed by atoms with Crippen molar-refractivity contribution < 1.29 is 9.90 Å². The first kappa shape index (κ1) is 14.1. The third-order valence-electron chi connectivity index (χ3n) is 5.95. The first-order chi connectivity index (χ1) is 9.61. The van der Waals surface area contributed by atoms with Crippen molar-refractivity contribution in [3.05, 3.63) is 12.2 Å². The van der Waals surface area contributed by atoms with Crippen molar-refractivity contribution in [2.45, 2.75) is 57.5 Å². The number of allylic oxidation sites excluding steroid dienone is 2. The average Bonchev–Trinajstić information content (AvgIpc) is 2.62. The van der Waals surface area contributed by atoms with Crippen molar-refractivity contribution >= 4 is 5.91 Å². The largest absolute Gasteiger partial charge is 0.387 e. The van der Waals surface area contributed by atoms with Crippen LogP contribution in [0.25, 0.3) is 0 Å². The Morgan fingerprint density at radius 3 is 2.90 bits per heavy atom. The van der Waals surface area contributed by atoms with Crippen LogP contribution in [0, 0.1) is 23.7 Å². The molecule has 0 aromatic carbocycles. The second-order valence-electron chi connectivity index (χ2n) is 7.14. The molecule has 0 saturated heterocycles. The number of hydrogen-bond acceptors (Lipinski definition) is 2. The van der Waals surface area contributed by atoms with E-state index < -0.39 is 5.60 Å². The number of amides is 1. The molecule has 20 heavy (non-hydrogen) atoms. The highest BCUT2D eigenvalue weighted by atomic mass is 16.3. The molecule has 0 heterocycles. The van der Waals surface area contributed by atoms with Crippen LogP contribution in [0.4, 0.5) is 0 Å². The fourth-order valence-corrected chi connectivity index (χ4v) is 4.78. The number of rotatable bonds is 3. The SMILES string of the molecule is C[C@H]1CC2CCC[C@H]1[C@@]2(O)CNC(=O)C1CC=CCC1. The zero-order chi connectivity index (χ0) is 14.2. The normalized spacial score (nSPS) is 43.5. The van der Waals surface area contributed by atoms with E-state index in [1.807, 2.05) is 0 Å². The third-order valence-corrected chi connectivity index (χ3v) is 5.95. The summed E-state index contributed by atoms with van der Waals surface area (Å²) in [7, 11) is 0. The van der Waals surface area contributed by atoms with E-state index in [0.717, 1.165) is 38.5 Å². The predicted octanol–water partition coefficient (Wildman–Crippen LogP) is 2.65. The number of carbonyl (C=O) groups excluding carboxylic acids is 1. The first-order valence-corrected chi connectivity index (χ1v) is 8.26. The van der Waals surface area contributed by atoms with Crippen molar-refractivity contribution in [2.75, 3.05) is 6.54 Å². The number of hydrogen-bond donors (Lipinski definition) is 2. The minimum atomic E-state index is -0.641. The van der Waals surface area contributed by atoms with Crippen LogP contribution in [0.2, 0.25) is 0 Å². The van der Waals surface area contributed by atoms with Crippen LogP contribution in [-0.2, 0) is 4.79 Å². The van der Waals surface area contributed by atoms with Gasteiger partial charge in [0, 0.05) is 12.5 Å². The molecule has 3 aliphatic carbocycles. The first-order valence-electron chi connectivity index (χ1n) is 8.26. The minimum Gasteiger partial charge on any atom is -0.387 e. The Labute approximate surface area is 121 Å². The van der Waals surface area contributed by atoms with Crippen LogP contribution in [-0.4, -0.2) is 23.2 Å². The van der Waals surface area contributed by atoms with E-state index in [-0.39, 0.29) is 11.8 Å². The summed E-state index contributed by atoms with van der Waals surface area (Å²) >= 11 is 0. The van der Waals surface area contributed by atoms with Crippen molar-refractivity contribution in [3.63, 3.8) is 0 Å². The molecule has 1 amide bonds. The fraction of sp³-hybridized carbons (Fsp3) is 0.824. The molecular formula is C17H27NO2. The summed E-state index contributed by atoms with van der Waals surface area (Å²) < 4.78 is 0. The lowest BCUT2D eigenvalue weighted by Crippen LogP contribution is -2.53. The Kier molecular flexibility index (Phi) is 3.89. The molecule has 0 aromatic rings. The van der Waals surface area contributed by atoms with Gasteiger partial charge < -0.3 is 10.4 Å². The number of nitrogens with one attached hydrogen (secondary N) is 1. The van der Waals surface area contributed by atoms with Gasteiger partial charge in [-0.3, -0.25) is 4.79 Å². The molecule has 0 aromatic heterocycles. The van der Waals surface area contributed by atoms with Crippen LogP contribution >= 0.6 is 0 Å². The van der Waals surface area contributed by atoms with Gasteiger partial charge >= 0.3 is 0 Å². The van der Waals surface area contributed by atoms with E-state index in [0.29, 0.717) is 24.3 Å². The van der Waals surface area contributed by atoms with Crippen molar-refractivity contribution in [3.8, 4) is 0 Å². The molecular weight excluding hydrogens is 250 g/mol. The third kappa shape index (κ3) is 2.41. The minimum absolute atomic E-state index is 0.113. The van der Waals surface area contributed by atoms with Gasteiger partial charge in [-0.1, -0.05) is 25.5 Å². The van der Waals surface area contributed by atoms with Gasteiger partial charge in [-0.15, -0.1) is 0 Å². The fourth-order valence-electron chi connectivity index (χ4n) is 4.78. The summed E-state index contributed by atoms with van der Waals surface area (Å²) in [5, 5.41) is 14.1. The summed E-state index contributed by atoms with van der Waals surface area (Å²) in [5.74, 6) is 1.63. The van der Waals surface area contributed by atoms with E-state index in [1.54, 1.807) is 0 Å². The summed E-state index contributed by atoms with van der Waals surface area (Å²) in [4.78, 5) is 12.2. The average molecular weight is 277 g/mol. The summed E-state index contributed by atoms with van der Waals surface area (Å²) in [6.07, 6.45) is 11.7. The molecule has 2 saturated carbocycles. The second kappa shape index (κ2) is 5.51. The van der Waals surface area contributed by atoms with Crippen LogP contribution in [0.3, 0.4) is 0 Å². The lowest BCUT2D eigenvalue weighted by molar-refractivity contribution is -0.128. The van der Waals surface area contributed by atoms with Crippen LogP contribution < -0.4 is 5.32 Å². The van der Waals surface area contributed by atoms with Crippen LogP contribution in [0.15, 0.2) is 12.2 Å². The molecule has 0 aliphatic heterocycles. The van der Waals surface area contributed by atoms with Gasteiger partial charge in [-0.05, 0) is 56.3 Å². The summed E-state index contributed by atoms with van der Waals surface area (Å²) in [5.41, 5.74) is -0.641. The molecule has 2 N–H and O–H groups in total. The molecule has 5 atom stereocenters. The molecule has 2 bridgehead atoms. The maximum Gasteiger partial charge on any atom is 0.223 e. The van der Waals surface area contributed by atoms with E-state index in [9.17, 15) is 9.90 Å². The molecule has 3 nitrogen and oxygen atoms in total. The smallest absolute Gasteiger partial charge is 0.223 e. The lowest BCUT2D eigenvalue weighted by Gasteiger charge is -2.40. The molecule has 0 spiro atoms. The van der Waals surface area contributed by atoms with E-state index in [2.05, 4.69) is 24.4 Å². The molecule has 3 aliphatic rings. The van der Waals surface area contributed by atoms with Crippen molar-refractivity contribution in [2.24, 2.45) is 23.7 Å². The molecule has 2 fully saturated rings. The van der Waals surface area contributed by atoms with Gasteiger partial charge in [0.25, 0.3) is 0 Å². The van der Waals surface area contributed by atoms with E-state index in [4.69, 9.17) is 0 Å². The lowest BCUT2D eigenvalue weighted by atomic mass is 9.73. The summed E-state index contributed by atoms with van der Waals surface area (Å²) in [6.45, 7) is 2.72. The number of fused-ring (bicyclic) bond motifs is 2. The van der Waals surface area contributed by atoms with Gasteiger partial charge in [0.15, 0.2) is 0 Å². The van der Waals surface area contributed by atoms with Gasteiger partial charge in [-0.25, -0.2) is 0 Å². The second-order valence-corrected chi connectivity index (χ2v) is 7.14. The standard InChI is InChI=1S/C17H27NO2/c1-12-10-14-8-5-9-15(12)17(14,20)11-18-16(19)13-6-3-2-4-7-13/h2-3,12-15,20H,4-11H2,1H3,(H,18,19)/t12-,13?,14?,15+,17+/m0/s1. The van der Waals surface area contributed by atoms with Gasteiger partial charge in [0.05, 0.1) is 5.60 Å². The zero-order valence-electron chi connectivity index (χ0n) is 12.5. The number of aliphatic hydroxyl groups is 1. The maximum absolute atomic E-state index is 12.2. The highest BCUT2D eigenvalue weighted by Crippen LogP contribution is 2.52. The zero-order valence-corrected chi connectivity index (χ0v) is 12.5. The van der Waals surface area contributed by atoms with Gasteiger partial charge in [0.2, 0.25) is 5.91 Å². The Hall–Kier alpha value is -0.830. The highest BCUT2D eigenvalue weighted by Gasteiger charge is 2.54. The Morgan fingerprint density at radius 1 is 1.35 bits per heavy atom. The molecule has 112 valence electrons. The molecule has 3 rings (SSSR count). The van der Waals surface area contributed by atoms with E-state index >= 15 is 0 Å². The summed E-state index contributed by atoms with van der Waals surface area (Å²) in [6, 6.07) is 0. The molecule has 0 radical (unpaired) electrons. The quantitative estimate of drug-likeness (QED) is 0.779. The maximum atomic E-state index is 12.2. The van der Waals surface area contributed by atoms with Gasteiger partial charge in [-0.2, -0.15) is 0 Å². The predicted molar refractivity (Wildman–Crippen MR) is 79.1 cm³/mol. The van der Waals surface area contributed by atoms with E-state index in [1.165, 1.54) is 6.42 Å². The van der Waals surface area contributed by atoms with Crippen LogP contribution in [0.1, 0.15) is 51.9 Å². The molecule has 3 heteroatoms. The number of carbonyl (C=O) groups is 1. The Balaban J connectivity index is 1.60. The monoisotopic (exact) mass is 277 g/mol. The van der Waals surface area contributed by atoms with Crippen LogP contribution in [0.5, 0.6) is 0 Å². The van der Waals surface area contributed by atoms with Crippen molar-refractivity contribution in [1.82, 2.24) is 5.32 Å². The molecule has 2 unspecified atom stereocenters. The van der Waals surface area contributed by atoms with Gasteiger partial charge in [0.1, 0.15) is 0 Å². The van der Waals surface area contributed by atoms with Crippen molar-refractivity contribution in [1.29, 1.82) is 0 Å². The Bertz CT molecular complexity index is 406.